The number of hydrogen-bond donors (Lipinski definition) is 2. The van der Waals surface area contributed by atoms with Crippen molar-refractivity contribution < 1.29 is 25.3 Å². The summed E-state index contributed by atoms with van der Waals surface area (Å²) in [5.41, 5.74) is 1.50. The molecule has 0 saturated carbocycles. The number of anilines is 1. The first-order chi connectivity index (χ1) is 16.2. The molecule has 0 saturated heterocycles. The summed E-state index contributed by atoms with van der Waals surface area (Å²) < 4.78 is 40.0. The largest absolute Gasteiger partial charge is 0.329 e. The molecule has 3 rings (SSSR count). The molecule has 0 aliphatic carbocycles. The van der Waals surface area contributed by atoms with E-state index in [9.17, 15) is 22.4 Å². The minimum atomic E-state index is -3.61. The Morgan fingerprint density at radius 1 is 0.971 bits per heavy atom. The molecule has 2 amide bonds. The van der Waals surface area contributed by atoms with Crippen molar-refractivity contribution >= 4 is 27.5 Å². The molecule has 0 bridgehead atoms. The van der Waals surface area contributed by atoms with E-state index in [1.807, 2.05) is 30.3 Å². The van der Waals surface area contributed by atoms with Crippen LogP contribution in [0.5, 0.6) is 0 Å². The lowest BCUT2D eigenvalue weighted by molar-refractivity contribution is -0.120. The van der Waals surface area contributed by atoms with Gasteiger partial charge in [0.05, 0.1) is 4.90 Å². The first-order valence-corrected chi connectivity index (χ1v) is 12.2. The van der Waals surface area contributed by atoms with Crippen LogP contribution in [0, 0.1) is 5.82 Å². The first-order valence-electron chi connectivity index (χ1n) is 10.7. The SMILES string of the molecule is CCNS(=O)(=O)c1ccc(NC(=O)[C@H](Cc2ccccc2)N(C)C(=O)c2ccc(F)cc2)cc1.[HH].[HH]. The fraction of sp³-hybridized carbons (Fsp3) is 0.200. The molecule has 3 aromatic carbocycles. The molecule has 182 valence electrons. The van der Waals surface area contributed by atoms with Gasteiger partial charge < -0.3 is 10.2 Å². The zero-order valence-electron chi connectivity index (χ0n) is 18.9. The van der Waals surface area contributed by atoms with Gasteiger partial charge in [-0.2, -0.15) is 0 Å². The van der Waals surface area contributed by atoms with Crippen LogP contribution in [0.3, 0.4) is 0 Å². The van der Waals surface area contributed by atoms with Gasteiger partial charge in [-0.1, -0.05) is 37.3 Å². The predicted molar refractivity (Wildman–Crippen MR) is 133 cm³/mol. The van der Waals surface area contributed by atoms with Crippen molar-refractivity contribution in [2.45, 2.75) is 24.3 Å². The Labute approximate surface area is 201 Å². The highest BCUT2D eigenvalue weighted by atomic mass is 32.2. The molecule has 9 heteroatoms. The van der Waals surface area contributed by atoms with E-state index in [0.717, 1.165) is 5.56 Å². The summed E-state index contributed by atoms with van der Waals surface area (Å²) >= 11 is 0. The predicted octanol–water partition coefficient (Wildman–Crippen LogP) is 3.94. The van der Waals surface area contributed by atoms with Crippen LogP contribution in [0.25, 0.3) is 0 Å². The fourth-order valence-corrected chi connectivity index (χ4v) is 4.44. The summed E-state index contributed by atoms with van der Waals surface area (Å²) in [4.78, 5) is 27.6. The number of carbonyl (C=O) groups is 2. The Kier molecular flexibility index (Phi) is 8.14. The minimum absolute atomic E-state index is 0. The molecule has 3 aromatic rings. The van der Waals surface area contributed by atoms with Gasteiger partial charge in [0.2, 0.25) is 15.9 Å². The van der Waals surface area contributed by atoms with Crippen molar-refractivity contribution in [1.82, 2.24) is 9.62 Å². The molecule has 0 radical (unpaired) electrons. The summed E-state index contributed by atoms with van der Waals surface area (Å²) in [5.74, 6) is -1.33. The molecule has 7 nitrogen and oxygen atoms in total. The van der Waals surface area contributed by atoms with E-state index in [0.29, 0.717) is 5.69 Å². The fourth-order valence-electron chi connectivity index (χ4n) is 3.40. The smallest absolute Gasteiger partial charge is 0.254 e. The van der Waals surface area contributed by atoms with Gasteiger partial charge in [-0.15, -0.1) is 0 Å². The number of amides is 2. The Morgan fingerprint density at radius 3 is 2.18 bits per heavy atom. The number of halogens is 1. The summed E-state index contributed by atoms with van der Waals surface area (Å²) in [7, 11) is -2.09. The molecule has 0 spiro atoms. The quantitative estimate of drug-likeness (QED) is 0.478. The summed E-state index contributed by atoms with van der Waals surface area (Å²) in [6.07, 6.45) is 0.253. The van der Waals surface area contributed by atoms with Gasteiger partial charge in [-0.05, 0) is 54.1 Å². The van der Waals surface area contributed by atoms with E-state index in [-0.39, 0.29) is 26.3 Å². The normalized spacial score (nSPS) is 12.1. The summed E-state index contributed by atoms with van der Waals surface area (Å²) in [6.45, 7) is 1.94. The van der Waals surface area contributed by atoms with Crippen LogP contribution in [0.15, 0.2) is 83.8 Å². The lowest BCUT2D eigenvalue weighted by Gasteiger charge is -2.28. The van der Waals surface area contributed by atoms with Crippen molar-refractivity contribution in [3.63, 3.8) is 0 Å². The molecule has 0 aliphatic heterocycles. The van der Waals surface area contributed by atoms with Gasteiger partial charge in [0, 0.05) is 34.1 Å². The standard InChI is InChI=1S/C25H26FN3O4S.2H2/c1-3-27-34(32,33)22-15-13-21(14-16-22)28-24(30)23(17-18-7-5-4-6-8-18)29(2)25(31)19-9-11-20(26)12-10-19;;/h4-16,23,27H,3,17H2,1-2H3,(H,28,30);2*1H/t23-;;/m0../s1. The van der Waals surface area contributed by atoms with Crippen LogP contribution in [0.4, 0.5) is 10.1 Å². The van der Waals surface area contributed by atoms with Crippen molar-refractivity contribution in [3.05, 3.63) is 95.8 Å². The zero-order chi connectivity index (χ0) is 24.7. The van der Waals surface area contributed by atoms with Crippen LogP contribution in [-0.4, -0.2) is 44.8 Å². The summed E-state index contributed by atoms with van der Waals surface area (Å²) in [5, 5.41) is 2.76. The van der Waals surface area contributed by atoms with E-state index in [2.05, 4.69) is 10.0 Å². The molecule has 0 aliphatic rings. The van der Waals surface area contributed by atoms with Crippen LogP contribution in [0.1, 0.15) is 25.7 Å². The van der Waals surface area contributed by atoms with Gasteiger partial charge in [-0.3, -0.25) is 9.59 Å². The molecule has 0 aromatic heterocycles. The van der Waals surface area contributed by atoms with Gasteiger partial charge in [0.15, 0.2) is 0 Å². The third-order valence-corrected chi connectivity index (χ3v) is 6.78. The van der Waals surface area contributed by atoms with E-state index in [1.54, 1.807) is 6.92 Å². The maximum absolute atomic E-state index is 13.3. The highest BCUT2D eigenvalue weighted by Crippen LogP contribution is 2.17. The second-order valence-corrected chi connectivity index (χ2v) is 9.41. The average molecular weight is 488 g/mol. The van der Waals surface area contributed by atoms with Crippen molar-refractivity contribution in [2.75, 3.05) is 18.9 Å². The molecule has 0 heterocycles. The second-order valence-electron chi connectivity index (χ2n) is 7.64. The molecule has 0 fully saturated rings. The molecular formula is C25H30FN3O4S. The van der Waals surface area contributed by atoms with Crippen LogP contribution >= 0.6 is 0 Å². The maximum Gasteiger partial charge on any atom is 0.254 e. The van der Waals surface area contributed by atoms with E-state index >= 15 is 0 Å². The molecular weight excluding hydrogens is 457 g/mol. The van der Waals surface area contributed by atoms with E-state index in [1.165, 1.54) is 60.5 Å². The lowest BCUT2D eigenvalue weighted by atomic mass is 10.0. The highest BCUT2D eigenvalue weighted by Gasteiger charge is 2.28. The molecule has 0 unspecified atom stereocenters. The second kappa shape index (κ2) is 11.0. The summed E-state index contributed by atoms with van der Waals surface area (Å²) in [6, 6.07) is 19.3. The first kappa shape index (κ1) is 25.1. The van der Waals surface area contributed by atoms with Crippen molar-refractivity contribution in [3.8, 4) is 0 Å². The minimum Gasteiger partial charge on any atom is -0.329 e. The Balaban J connectivity index is 0.00000324. The number of hydrogen-bond acceptors (Lipinski definition) is 4. The van der Waals surface area contributed by atoms with E-state index in [4.69, 9.17) is 0 Å². The van der Waals surface area contributed by atoms with Crippen LogP contribution in [-0.2, 0) is 21.2 Å². The van der Waals surface area contributed by atoms with Gasteiger partial charge >= 0.3 is 0 Å². The third kappa shape index (κ3) is 6.27. The average Bonchev–Trinajstić information content (AvgIpc) is 2.83. The number of likely N-dealkylation sites (N-methyl/N-ethyl adjacent to an activating group) is 1. The van der Waals surface area contributed by atoms with Gasteiger partial charge in [0.25, 0.3) is 5.91 Å². The Morgan fingerprint density at radius 2 is 1.59 bits per heavy atom. The molecule has 34 heavy (non-hydrogen) atoms. The van der Waals surface area contributed by atoms with Gasteiger partial charge in [-0.25, -0.2) is 17.5 Å². The Bertz CT molecular complexity index is 1240. The van der Waals surface area contributed by atoms with Gasteiger partial charge in [0.1, 0.15) is 11.9 Å². The third-order valence-electron chi connectivity index (χ3n) is 5.22. The zero-order valence-corrected chi connectivity index (χ0v) is 19.7. The number of carbonyl (C=O) groups excluding carboxylic acids is 2. The lowest BCUT2D eigenvalue weighted by Crippen LogP contribution is -2.46. The molecule has 2 N–H and O–H groups in total. The highest BCUT2D eigenvalue weighted by molar-refractivity contribution is 7.89. The topological polar surface area (TPSA) is 95.6 Å². The van der Waals surface area contributed by atoms with Crippen molar-refractivity contribution in [1.29, 1.82) is 0 Å². The van der Waals surface area contributed by atoms with E-state index < -0.39 is 33.7 Å². The van der Waals surface area contributed by atoms with Crippen LogP contribution < -0.4 is 10.0 Å². The van der Waals surface area contributed by atoms with Crippen LogP contribution in [0.2, 0.25) is 0 Å². The monoisotopic (exact) mass is 487 g/mol. The number of benzene rings is 3. The maximum atomic E-state index is 13.3. The van der Waals surface area contributed by atoms with Crippen molar-refractivity contribution in [2.24, 2.45) is 0 Å². The number of rotatable bonds is 9. The Hall–Kier alpha value is -3.56. The number of nitrogens with zero attached hydrogens (tertiary/aromatic N) is 1. The molecule has 1 atom stereocenters. The number of sulfonamides is 1. The number of nitrogens with one attached hydrogen (secondary N) is 2.